The van der Waals surface area contributed by atoms with E-state index in [-0.39, 0.29) is 0 Å². The Hall–Kier alpha value is -0.650. The summed E-state index contributed by atoms with van der Waals surface area (Å²) in [5.41, 5.74) is -1.03. The number of aliphatic hydroxyl groups is 1. The zero-order valence-corrected chi connectivity index (χ0v) is 13.3. The average Bonchev–Trinajstić information content (AvgIpc) is 2.46. The van der Waals surface area contributed by atoms with Crippen molar-refractivity contribution in [2.45, 2.75) is 57.6 Å². The topological polar surface area (TPSA) is 72.8 Å². The monoisotopic (exact) mass is 297 g/mol. The average molecular weight is 297 g/mol. The second kappa shape index (κ2) is 7.07. The van der Waals surface area contributed by atoms with Crippen LogP contribution >= 0.6 is 0 Å². The molecule has 5 nitrogen and oxygen atoms in total. The molecule has 1 saturated heterocycles. The Morgan fingerprint density at radius 3 is 2.33 bits per heavy atom. The summed E-state index contributed by atoms with van der Waals surface area (Å²) in [7, 11) is 0. The largest absolute Gasteiger partial charge is 0.481 e. The molecule has 2 fully saturated rings. The van der Waals surface area contributed by atoms with Crippen molar-refractivity contribution in [3.05, 3.63) is 5.92 Å². The molecule has 0 aromatic rings. The maximum absolute atomic E-state index is 11.5. The Kier molecular flexibility index (Phi) is 5.63. The summed E-state index contributed by atoms with van der Waals surface area (Å²) in [4.78, 5) is 14.0. The van der Waals surface area contributed by atoms with Crippen LogP contribution in [0.15, 0.2) is 0 Å². The number of carboxylic acid groups (broad SMARTS) is 1. The maximum Gasteiger partial charge on any atom is 0.309 e. The maximum atomic E-state index is 11.5. The third-order valence-corrected chi connectivity index (χ3v) is 5.05. The first kappa shape index (κ1) is 16.7. The van der Waals surface area contributed by atoms with E-state index in [1.54, 1.807) is 0 Å². The van der Waals surface area contributed by atoms with E-state index in [9.17, 15) is 15.0 Å². The van der Waals surface area contributed by atoms with Gasteiger partial charge in [0.2, 0.25) is 0 Å². The van der Waals surface area contributed by atoms with Crippen LogP contribution in [0.5, 0.6) is 0 Å². The number of hydrogen-bond donors (Lipinski definition) is 3. The van der Waals surface area contributed by atoms with Crippen LogP contribution in [0.2, 0.25) is 0 Å². The molecule has 0 spiro atoms. The number of nitrogens with zero attached hydrogens (tertiary/aromatic N) is 1. The quantitative estimate of drug-likeness (QED) is 0.713. The van der Waals surface area contributed by atoms with Crippen LogP contribution < -0.4 is 5.32 Å². The summed E-state index contributed by atoms with van der Waals surface area (Å²) < 4.78 is 0. The molecule has 1 unspecified atom stereocenters. The minimum atomic E-state index is -1.03. The van der Waals surface area contributed by atoms with Gasteiger partial charge in [-0.2, -0.15) is 0 Å². The minimum Gasteiger partial charge on any atom is -0.481 e. The summed E-state index contributed by atoms with van der Waals surface area (Å²) in [6, 6.07) is 0.508. The molecular weight excluding hydrogens is 268 g/mol. The lowest BCUT2D eigenvalue weighted by Crippen LogP contribution is -2.53. The molecule has 121 valence electrons. The van der Waals surface area contributed by atoms with Gasteiger partial charge in [-0.1, -0.05) is 13.8 Å². The van der Waals surface area contributed by atoms with Gasteiger partial charge in [-0.25, -0.2) is 0 Å². The van der Waals surface area contributed by atoms with Crippen molar-refractivity contribution in [3.63, 3.8) is 0 Å². The van der Waals surface area contributed by atoms with E-state index in [1.807, 2.05) is 13.8 Å². The summed E-state index contributed by atoms with van der Waals surface area (Å²) in [5, 5.41) is 23.7. The Bertz CT molecular complexity index is 345. The van der Waals surface area contributed by atoms with Gasteiger partial charge >= 0.3 is 5.97 Å². The number of aliphatic carboxylic acids is 1. The van der Waals surface area contributed by atoms with Gasteiger partial charge in [0.25, 0.3) is 0 Å². The van der Waals surface area contributed by atoms with Gasteiger partial charge < -0.3 is 15.5 Å². The summed E-state index contributed by atoms with van der Waals surface area (Å²) in [5.74, 6) is -0.453. The molecule has 1 aliphatic heterocycles. The standard InChI is InChI=1S/C16H29N2O3/c1-12(2)11-14(15(19)20)16(21)5-3-13(4-6-16)18-9-7-17-8-10-18/h13-14,17,21H,3-11H2,1-2H3,(H,19,20). The molecule has 0 bridgehead atoms. The normalized spacial score (nSPS) is 33.0. The van der Waals surface area contributed by atoms with Crippen molar-refractivity contribution in [3.8, 4) is 0 Å². The lowest BCUT2D eigenvalue weighted by atomic mass is 9.71. The molecule has 5 heteroatoms. The van der Waals surface area contributed by atoms with E-state index in [4.69, 9.17) is 0 Å². The van der Waals surface area contributed by atoms with Crippen molar-refractivity contribution in [2.75, 3.05) is 26.2 Å². The van der Waals surface area contributed by atoms with E-state index in [1.165, 1.54) is 0 Å². The molecule has 3 N–H and O–H groups in total. The molecule has 1 saturated carbocycles. The van der Waals surface area contributed by atoms with Crippen molar-refractivity contribution < 1.29 is 15.0 Å². The predicted octanol–water partition coefficient (Wildman–Crippen LogP) is 1.27. The molecule has 0 aromatic heterocycles. The summed E-state index contributed by atoms with van der Waals surface area (Å²) in [6.07, 6.45) is 3.49. The van der Waals surface area contributed by atoms with E-state index in [0.717, 1.165) is 44.9 Å². The van der Waals surface area contributed by atoms with Crippen LogP contribution in [-0.4, -0.2) is 58.9 Å². The van der Waals surface area contributed by atoms with Gasteiger partial charge in [0.15, 0.2) is 0 Å². The molecule has 2 aliphatic rings. The zero-order chi connectivity index (χ0) is 15.5. The predicted molar refractivity (Wildman–Crippen MR) is 82.0 cm³/mol. The number of piperazine rings is 1. The van der Waals surface area contributed by atoms with Crippen LogP contribution in [0, 0.1) is 11.8 Å². The van der Waals surface area contributed by atoms with Gasteiger partial charge in [-0.3, -0.25) is 9.69 Å². The first-order valence-corrected chi connectivity index (χ1v) is 8.11. The van der Waals surface area contributed by atoms with Crippen molar-refractivity contribution in [1.82, 2.24) is 10.2 Å². The third kappa shape index (κ3) is 4.18. The second-order valence-electron chi connectivity index (χ2n) is 6.92. The highest BCUT2D eigenvalue weighted by Gasteiger charge is 2.45. The van der Waals surface area contributed by atoms with Gasteiger partial charge in [0.1, 0.15) is 0 Å². The van der Waals surface area contributed by atoms with Crippen molar-refractivity contribution >= 4 is 5.97 Å². The number of nitrogens with one attached hydrogen (secondary N) is 1. The summed E-state index contributed by atoms with van der Waals surface area (Å²) in [6.45, 7) is 8.06. The van der Waals surface area contributed by atoms with E-state index >= 15 is 0 Å². The van der Waals surface area contributed by atoms with Gasteiger partial charge in [0, 0.05) is 32.2 Å². The molecule has 1 heterocycles. The Labute approximate surface area is 127 Å². The highest BCUT2D eigenvalue weighted by Crippen LogP contribution is 2.39. The number of carbonyl (C=O) groups is 1. The van der Waals surface area contributed by atoms with Crippen LogP contribution in [0.4, 0.5) is 0 Å². The minimum absolute atomic E-state index is 0.476. The molecule has 0 aromatic carbocycles. The molecule has 1 aliphatic carbocycles. The molecule has 1 atom stereocenters. The smallest absolute Gasteiger partial charge is 0.309 e. The fourth-order valence-corrected chi connectivity index (χ4v) is 3.78. The SMILES string of the molecule is C[C](C)CC(C(=O)O)C1(O)CCC(N2CCNCC2)CC1. The lowest BCUT2D eigenvalue weighted by Gasteiger charge is -2.44. The highest BCUT2D eigenvalue weighted by molar-refractivity contribution is 5.71. The van der Waals surface area contributed by atoms with Gasteiger partial charge in [0.05, 0.1) is 11.5 Å². The molecule has 1 radical (unpaired) electrons. The zero-order valence-electron chi connectivity index (χ0n) is 13.3. The molecule has 21 heavy (non-hydrogen) atoms. The first-order chi connectivity index (χ1) is 9.92. The number of rotatable bonds is 5. The first-order valence-electron chi connectivity index (χ1n) is 8.11. The van der Waals surface area contributed by atoms with E-state index in [2.05, 4.69) is 10.2 Å². The fourth-order valence-electron chi connectivity index (χ4n) is 3.78. The molecular formula is C16H29N2O3. The van der Waals surface area contributed by atoms with Crippen LogP contribution in [0.3, 0.4) is 0 Å². The van der Waals surface area contributed by atoms with E-state index in [0.29, 0.717) is 25.3 Å². The van der Waals surface area contributed by atoms with E-state index < -0.39 is 17.5 Å². The number of hydrogen-bond acceptors (Lipinski definition) is 4. The van der Waals surface area contributed by atoms with Crippen LogP contribution in [-0.2, 0) is 4.79 Å². The van der Waals surface area contributed by atoms with Gasteiger partial charge in [-0.05, 0) is 38.0 Å². The Balaban J connectivity index is 1.94. The second-order valence-corrected chi connectivity index (χ2v) is 6.92. The summed E-state index contributed by atoms with van der Waals surface area (Å²) >= 11 is 0. The van der Waals surface area contributed by atoms with Crippen LogP contribution in [0.1, 0.15) is 46.0 Å². The molecule has 0 amide bonds. The lowest BCUT2D eigenvalue weighted by molar-refractivity contribution is -0.156. The third-order valence-electron chi connectivity index (χ3n) is 5.05. The number of carboxylic acids is 1. The molecule has 2 rings (SSSR count). The highest BCUT2D eigenvalue weighted by atomic mass is 16.4. The van der Waals surface area contributed by atoms with Crippen LogP contribution in [0.25, 0.3) is 0 Å². The fraction of sp³-hybridized carbons (Fsp3) is 0.875. The van der Waals surface area contributed by atoms with Gasteiger partial charge in [-0.15, -0.1) is 0 Å². The van der Waals surface area contributed by atoms with Crippen molar-refractivity contribution in [2.24, 2.45) is 5.92 Å². The Morgan fingerprint density at radius 1 is 1.29 bits per heavy atom. The van der Waals surface area contributed by atoms with Crippen molar-refractivity contribution in [1.29, 1.82) is 0 Å². The Morgan fingerprint density at radius 2 is 1.86 bits per heavy atom.